The number of carbonyl (C=O) groups is 2. The van der Waals surface area contributed by atoms with Crippen molar-refractivity contribution in [1.82, 2.24) is 0 Å². The highest BCUT2D eigenvalue weighted by Gasteiger charge is 2.19. The number of anilines is 1. The molecule has 1 amide bonds. The second-order valence-electron chi connectivity index (χ2n) is 5.38. The number of aryl methyl sites for hydroxylation is 1. The molecule has 0 saturated carbocycles. The molecule has 2 aromatic carbocycles. The van der Waals surface area contributed by atoms with Crippen LogP contribution in [0.1, 0.15) is 12.5 Å². The van der Waals surface area contributed by atoms with Gasteiger partial charge in [0.2, 0.25) is 0 Å². The predicted octanol–water partition coefficient (Wildman–Crippen LogP) is 3.67. The first-order chi connectivity index (χ1) is 12.0. The Morgan fingerprint density at radius 2 is 1.80 bits per heavy atom. The largest absolute Gasteiger partial charge is 0.495 e. The molecule has 132 valence electrons. The van der Waals surface area contributed by atoms with Crippen LogP contribution < -0.4 is 10.1 Å². The van der Waals surface area contributed by atoms with Gasteiger partial charge in [0.05, 0.1) is 18.6 Å². The van der Waals surface area contributed by atoms with Crippen molar-refractivity contribution in [3.05, 3.63) is 54.1 Å². The van der Waals surface area contributed by atoms with Gasteiger partial charge in [0, 0.05) is 4.90 Å². The molecule has 0 aliphatic rings. The van der Waals surface area contributed by atoms with Gasteiger partial charge in [-0.05, 0) is 37.6 Å². The molecule has 0 bridgehead atoms. The fraction of sp³-hybridized carbons (Fsp3) is 0.263. The normalized spacial score (nSPS) is 11.5. The Kier molecular flexibility index (Phi) is 6.89. The van der Waals surface area contributed by atoms with E-state index in [9.17, 15) is 9.59 Å². The first-order valence-corrected chi connectivity index (χ1v) is 8.81. The summed E-state index contributed by atoms with van der Waals surface area (Å²) in [5, 5.41) is 2.70. The lowest BCUT2D eigenvalue weighted by molar-refractivity contribution is -0.150. The van der Waals surface area contributed by atoms with Gasteiger partial charge in [0.1, 0.15) is 5.75 Å². The summed E-state index contributed by atoms with van der Waals surface area (Å²) in [5.41, 5.74) is 1.63. The van der Waals surface area contributed by atoms with Crippen LogP contribution in [0.5, 0.6) is 5.75 Å². The zero-order valence-corrected chi connectivity index (χ0v) is 15.3. The number of ether oxygens (including phenoxy) is 2. The minimum atomic E-state index is -0.894. The molecule has 0 aliphatic carbocycles. The average molecular weight is 359 g/mol. The van der Waals surface area contributed by atoms with Crippen LogP contribution in [0.15, 0.2) is 53.4 Å². The monoisotopic (exact) mass is 359 g/mol. The molecule has 0 unspecified atom stereocenters. The van der Waals surface area contributed by atoms with Gasteiger partial charge in [-0.25, -0.2) is 0 Å². The van der Waals surface area contributed by atoms with E-state index < -0.39 is 18.0 Å². The second kappa shape index (κ2) is 9.13. The maximum Gasteiger partial charge on any atom is 0.317 e. The minimum Gasteiger partial charge on any atom is -0.495 e. The third-order valence-corrected chi connectivity index (χ3v) is 4.63. The number of hydrogen-bond donors (Lipinski definition) is 1. The Morgan fingerprint density at radius 1 is 1.12 bits per heavy atom. The molecule has 0 fully saturated rings. The number of methoxy groups -OCH3 is 1. The molecular formula is C19H21NO4S. The summed E-state index contributed by atoms with van der Waals surface area (Å²) in [6.07, 6.45) is -0.894. The number of thioether (sulfide) groups is 1. The first kappa shape index (κ1) is 18.9. The molecule has 2 rings (SSSR count). The molecule has 6 heteroatoms. The van der Waals surface area contributed by atoms with Crippen LogP contribution in [0.25, 0.3) is 0 Å². The molecule has 2 aromatic rings. The van der Waals surface area contributed by atoms with Crippen molar-refractivity contribution in [2.24, 2.45) is 0 Å². The van der Waals surface area contributed by atoms with Gasteiger partial charge < -0.3 is 14.8 Å². The van der Waals surface area contributed by atoms with Crippen LogP contribution in [0.3, 0.4) is 0 Å². The smallest absolute Gasteiger partial charge is 0.317 e. The molecule has 5 nitrogen and oxygen atoms in total. The van der Waals surface area contributed by atoms with Crippen LogP contribution >= 0.6 is 11.8 Å². The van der Waals surface area contributed by atoms with Crippen molar-refractivity contribution in [2.75, 3.05) is 18.2 Å². The van der Waals surface area contributed by atoms with E-state index in [0.29, 0.717) is 11.4 Å². The van der Waals surface area contributed by atoms with Crippen molar-refractivity contribution in [1.29, 1.82) is 0 Å². The molecule has 1 atom stereocenters. The number of benzene rings is 2. The fourth-order valence-corrected chi connectivity index (χ4v) is 2.93. The Labute approximate surface area is 151 Å². The van der Waals surface area contributed by atoms with Crippen molar-refractivity contribution in [2.45, 2.75) is 24.8 Å². The zero-order chi connectivity index (χ0) is 18.2. The van der Waals surface area contributed by atoms with Crippen LogP contribution in [0, 0.1) is 6.92 Å². The Hall–Kier alpha value is -2.47. The number of esters is 1. The van der Waals surface area contributed by atoms with E-state index in [1.54, 1.807) is 31.2 Å². The van der Waals surface area contributed by atoms with Gasteiger partial charge in [-0.1, -0.05) is 30.3 Å². The van der Waals surface area contributed by atoms with E-state index >= 15 is 0 Å². The van der Waals surface area contributed by atoms with E-state index in [1.807, 2.05) is 31.2 Å². The molecular weight excluding hydrogens is 338 g/mol. The highest BCUT2D eigenvalue weighted by Crippen LogP contribution is 2.24. The lowest BCUT2D eigenvalue weighted by atomic mass is 10.2. The molecule has 0 heterocycles. The standard InChI is InChI=1S/C19H21NO4S/c1-13-8-4-7-11-17(13)25-12-18(21)24-14(2)19(22)20-15-9-5-6-10-16(15)23-3/h4-11,14H,12H2,1-3H3,(H,20,22)/t14-/m0/s1. The first-order valence-electron chi connectivity index (χ1n) is 7.83. The third kappa shape index (κ3) is 5.53. The van der Waals surface area contributed by atoms with Gasteiger partial charge in [0.15, 0.2) is 6.10 Å². The number of hydrogen-bond acceptors (Lipinski definition) is 5. The quantitative estimate of drug-likeness (QED) is 0.604. The van der Waals surface area contributed by atoms with E-state index in [2.05, 4.69) is 5.32 Å². The number of carbonyl (C=O) groups excluding carboxylic acids is 2. The van der Waals surface area contributed by atoms with E-state index in [-0.39, 0.29) is 5.75 Å². The highest BCUT2D eigenvalue weighted by molar-refractivity contribution is 8.00. The van der Waals surface area contributed by atoms with Crippen molar-refractivity contribution < 1.29 is 19.1 Å². The number of amides is 1. The summed E-state index contributed by atoms with van der Waals surface area (Å²) in [6.45, 7) is 3.53. The lowest BCUT2D eigenvalue weighted by Crippen LogP contribution is -2.30. The van der Waals surface area contributed by atoms with Gasteiger partial charge >= 0.3 is 5.97 Å². The summed E-state index contributed by atoms with van der Waals surface area (Å²) in [5.74, 6) is -0.143. The molecule has 0 saturated heterocycles. The van der Waals surface area contributed by atoms with Crippen LogP contribution in [0.4, 0.5) is 5.69 Å². The average Bonchev–Trinajstić information content (AvgIpc) is 2.61. The van der Waals surface area contributed by atoms with E-state index in [0.717, 1.165) is 10.5 Å². The summed E-state index contributed by atoms with van der Waals surface area (Å²) < 4.78 is 10.4. The topological polar surface area (TPSA) is 64.6 Å². The highest BCUT2D eigenvalue weighted by atomic mass is 32.2. The third-order valence-electron chi connectivity index (χ3n) is 3.48. The fourth-order valence-electron chi connectivity index (χ4n) is 2.12. The van der Waals surface area contributed by atoms with Crippen LogP contribution in [-0.2, 0) is 14.3 Å². The van der Waals surface area contributed by atoms with E-state index in [1.165, 1.54) is 18.9 Å². The maximum absolute atomic E-state index is 12.2. The van der Waals surface area contributed by atoms with Crippen LogP contribution in [-0.4, -0.2) is 30.8 Å². The van der Waals surface area contributed by atoms with Crippen molar-refractivity contribution >= 4 is 29.3 Å². The SMILES string of the molecule is COc1ccccc1NC(=O)[C@H](C)OC(=O)CSc1ccccc1C. The van der Waals surface area contributed by atoms with Crippen LogP contribution in [0.2, 0.25) is 0 Å². The molecule has 0 spiro atoms. The van der Waals surface area contributed by atoms with Gasteiger partial charge in [-0.3, -0.25) is 9.59 Å². The number of para-hydroxylation sites is 2. The van der Waals surface area contributed by atoms with Crippen molar-refractivity contribution in [3.63, 3.8) is 0 Å². The molecule has 25 heavy (non-hydrogen) atoms. The Morgan fingerprint density at radius 3 is 2.52 bits per heavy atom. The van der Waals surface area contributed by atoms with Gasteiger partial charge in [0.25, 0.3) is 5.91 Å². The molecule has 0 aliphatic heterocycles. The number of nitrogens with one attached hydrogen (secondary N) is 1. The predicted molar refractivity (Wildman–Crippen MR) is 99.1 cm³/mol. The van der Waals surface area contributed by atoms with Gasteiger partial charge in [-0.2, -0.15) is 0 Å². The van der Waals surface area contributed by atoms with Crippen molar-refractivity contribution in [3.8, 4) is 5.75 Å². The van der Waals surface area contributed by atoms with Gasteiger partial charge in [-0.15, -0.1) is 11.8 Å². The molecule has 0 radical (unpaired) electrons. The summed E-state index contributed by atoms with van der Waals surface area (Å²) in [6, 6.07) is 14.9. The Balaban J connectivity index is 1.86. The molecule has 1 N–H and O–H groups in total. The summed E-state index contributed by atoms with van der Waals surface area (Å²) >= 11 is 1.39. The summed E-state index contributed by atoms with van der Waals surface area (Å²) in [7, 11) is 1.53. The second-order valence-corrected chi connectivity index (χ2v) is 6.39. The zero-order valence-electron chi connectivity index (χ0n) is 14.4. The molecule has 0 aromatic heterocycles. The number of rotatable bonds is 7. The maximum atomic E-state index is 12.2. The summed E-state index contributed by atoms with van der Waals surface area (Å²) in [4.78, 5) is 25.2. The lowest BCUT2D eigenvalue weighted by Gasteiger charge is -2.15. The van der Waals surface area contributed by atoms with E-state index in [4.69, 9.17) is 9.47 Å². The Bertz CT molecular complexity index is 748. The minimum absolute atomic E-state index is 0.150.